The van der Waals surface area contributed by atoms with Gasteiger partial charge in [-0.25, -0.2) is 8.78 Å². The molecule has 0 fully saturated rings. The minimum atomic E-state index is -0.844. The molecule has 0 aliphatic carbocycles. The summed E-state index contributed by atoms with van der Waals surface area (Å²) >= 11 is 1.41. The highest BCUT2D eigenvalue weighted by atomic mass is 32.2. The second-order valence-electron chi connectivity index (χ2n) is 4.25. The first-order valence-electron chi connectivity index (χ1n) is 5.85. The third-order valence-electron chi connectivity index (χ3n) is 2.67. The average molecular weight is 280 g/mol. The van der Waals surface area contributed by atoms with Crippen LogP contribution in [0.1, 0.15) is 17.7 Å². The number of thioether (sulfide) groups is 1. The minimum Gasteiger partial charge on any atom is -0.327 e. The average Bonchev–Trinajstić information content (AvgIpc) is 2.40. The van der Waals surface area contributed by atoms with Crippen molar-refractivity contribution in [3.8, 4) is 0 Å². The lowest BCUT2D eigenvalue weighted by atomic mass is 10.1. The lowest BCUT2D eigenvalue weighted by molar-refractivity contribution is 0.506. The van der Waals surface area contributed by atoms with Crippen LogP contribution in [0.15, 0.2) is 47.6 Å². The molecule has 1 aromatic heterocycles. The van der Waals surface area contributed by atoms with Crippen molar-refractivity contribution in [2.75, 3.05) is 0 Å². The summed E-state index contributed by atoms with van der Waals surface area (Å²) in [5.41, 5.74) is 6.99. The molecule has 2 atom stereocenters. The van der Waals surface area contributed by atoms with E-state index in [1.165, 1.54) is 17.8 Å². The van der Waals surface area contributed by atoms with E-state index in [1.807, 2.05) is 19.1 Å². The van der Waals surface area contributed by atoms with Gasteiger partial charge in [-0.2, -0.15) is 0 Å². The highest BCUT2D eigenvalue weighted by Crippen LogP contribution is 2.37. The van der Waals surface area contributed by atoms with Crippen molar-refractivity contribution in [2.45, 2.75) is 23.1 Å². The van der Waals surface area contributed by atoms with Crippen molar-refractivity contribution in [1.82, 2.24) is 4.98 Å². The Labute approximate surface area is 115 Å². The van der Waals surface area contributed by atoms with Crippen LogP contribution in [0.5, 0.6) is 0 Å². The normalized spacial score (nSPS) is 14.1. The third-order valence-corrected chi connectivity index (χ3v) is 4.15. The fourth-order valence-corrected chi connectivity index (χ4v) is 2.85. The smallest absolute Gasteiger partial charge is 0.159 e. The number of halogens is 2. The number of nitrogens with two attached hydrogens (primary N) is 1. The zero-order valence-electron chi connectivity index (χ0n) is 10.4. The standard InChI is InChI=1S/C14H14F2N2S/c1-9(17)14(10-4-6-18-7-5-10)19-11-2-3-12(15)13(16)8-11/h2-9,14H,17H2,1H3. The summed E-state index contributed by atoms with van der Waals surface area (Å²) in [6.45, 7) is 1.89. The van der Waals surface area contributed by atoms with Gasteiger partial charge in [0.05, 0.1) is 0 Å². The van der Waals surface area contributed by atoms with E-state index in [4.69, 9.17) is 5.73 Å². The number of aromatic nitrogens is 1. The molecule has 0 aliphatic heterocycles. The Bertz CT molecular complexity index is 546. The summed E-state index contributed by atoms with van der Waals surface area (Å²) in [6, 6.07) is 7.50. The molecular formula is C14H14F2N2S. The van der Waals surface area contributed by atoms with Crippen LogP contribution >= 0.6 is 11.8 Å². The van der Waals surface area contributed by atoms with Crippen LogP contribution < -0.4 is 5.73 Å². The highest BCUT2D eigenvalue weighted by Gasteiger charge is 2.18. The molecule has 2 nitrogen and oxygen atoms in total. The third kappa shape index (κ3) is 3.52. The molecule has 0 radical (unpaired) electrons. The van der Waals surface area contributed by atoms with Gasteiger partial charge in [-0.1, -0.05) is 0 Å². The number of pyridine rings is 1. The van der Waals surface area contributed by atoms with Gasteiger partial charge >= 0.3 is 0 Å². The van der Waals surface area contributed by atoms with Crippen LogP contribution in [-0.4, -0.2) is 11.0 Å². The molecule has 2 aromatic rings. The molecule has 2 rings (SSSR count). The highest BCUT2D eigenvalue weighted by molar-refractivity contribution is 7.99. The van der Waals surface area contributed by atoms with E-state index in [-0.39, 0.29) is 11.3 Å². The monoisotopic (exact) mass is 280 g/mol. The summed E-state index contributed by atoms with van der Waals surface area (Å²) in [5, 5.41) is -0.0344. The van der Waals surface area contributed by atoms with Gasteiger partial charge in [-0.05, 0) is 42.8 Å². The summed E-state index contributed by atoms with van der Waals surface area (Å²) < 4.78 is 26.1. The van der Waals surface area contributed by atoms with Gasteiger partial charge in [0.15, 0.2) is 11.6 Å². The first kappa shape index (κ1) is 14.0. The van der Waals surface area contributed by atoms with Crippen molar-refractivity contribution < 1.29 is 8.78 Å². The summed E-state index contributed by atoms with van der Waals surface area (Å²) in [4.78, 5) is 4.61. The van der Waals surface area contributed by atoms with Gasteiger partial charge in [0.1, 0.15) is 0 Å². The molecular weight excluding hydrogens is 266 g/mol. The van der Waals surface area contributed by atoms with E-state index in [1.54, 1.807) is 18.5 Å². The maximum Gasteiger partial charge on any atom is 0.159 e. The van der Waals surface area contributed by atoms with Crippen LogP contribution in [0, 0.1) is 11.6 Å². The molecule has 1 heterocycles. The predicted octanol–water partition coefficient (Wildman–Crippen LogP) is 3.54. The molecule has 0 spiro atoms. The van der Waals surface area contributed by atoms with Crippen LogP contribution in [0.4, 0.5) is 8.78 Å². The van der Waals surface area contributed by atoms with Crippen LogP contribution in [0.25, 0.3) is 0 Å². The largest absolute Gasteiger partial charge is 0.327 e. The number of hydrogen-bond donors (Lipinski definition) is 1. The lowest BCUT2D eigenvalue weighted by Crippen LogP contribution is -2.22. The van der Waals surface area contributed by atoms with Crippen molar-refractivity contribution >= 4 is 11.8 Å². The number of nitrogens with zero attached hydrogens (tertiary/aromatic N) is 1. The quantitative estimate of drug-likeness (QED) is 0.871. The fourth-order valence-electron chi connectivity index (χ4n) is 1.73. The Morgan fingerprint density at radius 2 is 1.79 bits per heavy atom. The minimum absolute atomic E-state index is 0.0344. The van der Waals surface area contributed by atoms with E-state index in [9.17, 15) is 8.78 Å². The molecule has 0 saturated carbocycles. The lowest BCUT2D eigenvalue weighted by Gasteiger charge is -2.20. The maximum atomic E-state index is 13.2. The van der Waals surface area contributed by atoms with Crippen molar-refractivity contribution in [3.63, 3.8) is 0 Å². The molecule has 0 amide bonds. The molecule has 2 N–H and O–H groups in total. The van der Waals surface area contributed by atoms with E-state index < -0.39 is 11.6 Å². The molecule has 0 aliphatic rings. The molecule has 19 heavy (non-hydrogen) atoms. The Kier molecular flexibility index (Phi) is 4.50. The summed E-state index contributed by atoms with van der Waals surface area (Å²) in [5.74, 6) is -1.69. The van der Waals surface area contributed by atoms with Gasteiger partial charge < -0.3 is 5.73 Å². The van der Waals surface area contributed by atoms with E-state index >= 15 is 0 Å². The van der Waals surface area contributed by atoms with E-state index in [0.717, 1.165) is 11.6 Å². The van der Waals surface area contributed by atoms with Crippen molar-refractivity contribution in [3.05, 3.63) is 59.9 Å². The fraction of sp³-hybridized carbons (Fsp3) is 0.214. The van der Waals surface area contributed by atoms with Crippen molar-refractivity contribution in [2.24, 2.45) is 5.73 Å². The molecule has 0 bridgehead atoms. The van der Waals surface area contributed by atoms with Crippen LogP contribution in [-0.2, 0) is 0 Å². The summed E-state index contributed by atoms with van der Waals surface area (Å²) in [6.07, 6.45) is 3.38. The Balaban J connectivity index is 2.24. The number of benzene rings is 1. The molecule has 2 unspecified atom stereocenters. The number of hydrogen-bond acceptors (Lipinski definition) is 3. The van der Waals surface area contributed by atoms with E-state index in [0.29, 0.717) is 4.90 Å². The first-order valence-corrected chi connectivity index (χ1v) is 6.73. The molecule has 100 valence electrons. The zero-order valence-corrected chi connectivity index (χ0v) is 11.2. The topological polar surface area (TPSA) is 38.9 Å². The SMILES string of the molecule is CC(N)C(Sc1ccc(F)c(F)c1)c1ccncc1. The molecule has 0 saturated heterocycles. The Hall–Kier alpha value is -1.46. The zero-order chi connectivity index (χ0) is 13.8. The number of rotatable bonds is 4. The van der Waals surface area contributed by atoms with Crippen molar-refractivity contribution in [1.29, 1.82) is 0 Å². The maximum absolute atomic E-state index is 13.2. The van der Waals surface area contributed by atoms with Crippen LogP contribution in [0.3, 0.4) is 0 Å². The van der Waals surface area contributed by atoms with Gasteiger partial charge in [0.25, 0.3) is 0 Å². The van der Waals surface area contributed by atoms with Gasteiger partial charge in [-0.3, -0.25) is 4.98 Å². The van der Waals surface area contributed by atoms with Gasteiger partial charge in [0.2, 0.25) is 0 Å². The predicted molar refractivity (Wildman–Crippen MR) is 72.8 cm³/mol. The second kappa shape index (κ2) is 6.12. The first-order chi connectivity index (χ1) is 9.08. The molecule has 1 aromatic carbocycles. The Morgan fingerprint density at radius 1 is 1.11 bits per heavy atom. The van der Waals surface area contributed by atoms with Gasteiger partial charge in [0, 0.05) is 28.6 Å². The summed E-state index contributed by atoms with van der Waals surface area (Å²) in [7, 11) is 0. The molecule has 5 heteroatoms. The second-order valence-corrected chi connectivity index (χ2v) is 5.47. The Morgan fingerprint density at radius 3 is 2.37 bits per heavy atom. The van der Waals surface area contributed by atoms with Crippen LogP contribution in [0.2, 0.25) is 0 Å². The van der Waals surface area contributed by atoms with Gasteiger partial charge in [-0.15, -0.1) is 11.8 Å². The van der Waals surface area contributed by atoms with E-state index in [2.05, 4.69) is 4.98 Å².